The summed E-state index contributed by atoms with van der Waals surface area (Å²) in [4.78, 5) is 5.13. The van der Waals surface area contributed by atoms with Crippen LogP contribution in [0.5, 0.6) is 0 Å². The summed E-state index contributed by atoms with van der Waals surface area (Å²) in [5, 5.41) is 1.19. The minimum atomic E-state index is 0.0840. The molecule has 0 amide bonds. The minimum Gasteiger partial charge on any atom is -0.255 e. The highest BCUT2D eigenvalue weighted by molar-refractivity contribution is 7.98. The molecule has 2 unspecified atom stereocenters. The molecule has 3 aromatic rings. The molecule has 1 aromatic heterocycles. The van der Waals surface area contributed by atoms with Gasteiger partial charge in [0.2, 0.25) is 0 Å². The van der Waals surface area contributed by atoms with Gasteiger partial charge < -0.3 is 0 Å². The Balaban J connectivity index is 2.17. The van der Waals surface area contributed by atoms with E-state index in [-0.39, 0.29) is 27.5 Å². The number of nitrogens with one attached hydrogen (secondary N) is 1. The summed E-state index contributed by atoms with van der Waals surface area (Å²) in [5.41, 5.74) is 6.54. The summed E-state index contributed by atoms with van der Waals surface area (Å²) in [6.45, 7) is 23.0. The van der Waals surface area contributed by atoms with Gasteiger partial charge in [-0.1, -0.05) is 103 Å². The first-order valence-corrected chi connectivity index (χ1v) is 13.5. The van der Waals surface area contributed by atoms with Crippen molar-refractivity contribution in [3.05, 3.63) is 77.0 Å². The normalized spacial score (nSPS) is 14.9. The Bertz CT molecular complexity index is 1080. The van der Waals surface area contributed by atoms with Gasteiger partial charge in [-0.25, -0.2) is 0 Å². The monoisotopic (exact) mass is 476 g/mol. The van der Waals surface area contributed by atoms with E-state index in [1.807, 2.05) is 11.9 Å². The molecule has 1 heterocycles. The predicted octanol–water partition coefficient (Wildman–Crippen LogP) is 9.10. The molecule has 3 heteroatoms. The number of pyridine rings is 1. The van der Waals surface area contributed by atoms with Crippen molar-refractivity contribution in [2.24, 2.45) is 0 Å². The van der Waals surface area contributed by atoms with Gasteiger partial charge in [0.05, 0.1) is 11.6 Å². The Morgan fingerprint density at radius 2 is 1.38 bits per heavy atom. The largest absolute Gasteiger partial charge is 0.255 e. The van der Waals surface area contributed by atoms with E-state index in [4.69, 9.17) is 4.98 Å². The Kier molecular flexibility index (Phi) is 7.89. The van der Waals surface area contributed by atoms with Crippen molar-refractivity contribution < 1.29 is 0 Å². The van der Waals surface area contributed by atoms with E-state index >= 15 is 0 Å². The van der Waals surface area contributed by atoms with Gasteiger partial charge in [0.25, 0.3) is 0 Å². The molecule has 2 aromatic carbocycles. The summed E-state index contributed by atoms with van der Waals surface area (Å²) in [6, 6.07) is 20.3. The third-order valence-electron chi connectivity index (χ3n) is 6.38. The van der Waals surface area contributed by atoms with Crippen molar-refractivity contribution >= 4 is 22.9 Å². The van der Waals surface area contributed by atoms with Gasteiger partial charge in [0.1, 0.15) is 0 Å². The molecular formula is C31H44N2S. The number of nitrogens with zero attached hydrogens (tertiary/aromatic N) is 1. The Labute approximate surface area is 212 Å². The Morgan fingerprint density at radius 3 is 1.91 bits per heavy atom. The van der Waals surface area contributed by atoms with Crippen molar-refractivity contribution in [2.45, 2.75) is 103 Å². The van der Waals surface area contributed by atoms with E-state index in [1.54, 1.807) is 0 Å². The number of hydrogen-bond acceptors (Lipinski definition) is 3. The first-order chi connectivity index (χ1) is 15.7. The van der Waals surface area contributed by atoms with Crippen LogP contribution in [0.15, 0.2) is 54.6 Å². The number of fused-ring (bicyclic) bond motifs is 1. The quantitative estimate of drug-likeness (QED) is 0.359. The SMILES string of the molecule is CCC(c1ccc2ccccc2n1)C(NSC(C)(C)C)c1cc(C(C)(C)C)cc(C(C)(C)C)c1. The van der Waals surface area contributed by atoms with E-state index in [0.29, 0.717) is 0 Å². The molecular weight excluding hydrogens is 432 g/mol. The van der Waals surface area contributed by atoms with Gasteiger partial charge in [0.15, 0.2) is 0 Å². The lowest BCUT2D eigenvalue weighted by molar-refractivity contribution is 0.494. The van der Waals surface area contributed by atoms with E-state index < -0.39 is 0 Å². The van der Waals surface area contributed by atoms with Crippen molar-refractivity contribution in [1.29, 1.82) is 0 Å². The van der Waals surface area contributed by atoms with Gasteiger partial charge in [-0.05, 0) is 66.8 Å². The third kappa shape index (κ3) is 6.64. The highest BCUT2D eigenvalue weighted by atomic mass is 32.2. The molecule has 0 spiro atoms. The smallest absolute Gasteiger partial charge is 0.0705 e. The maximum absolute atomic E-state index is 5.13. The van der Waals surface area contributed by atoms with E-state index in [0.717, 1.165) is 17.6 Å². The molecule has 2 atom stereocenters. The number of benzene rings is 2. The lowest BCUT2D eigenvalue weighted by Gasteiger charge is -2.33. The molecule has 184 valence electrons. The molecule has 0 aliphatic rings. The first kappa shape index (κ1) is 26.8. The van der Waals surface area contributed by atoms with Crippen LogP contribution in [0.4, 0.5) is 0 Å². The number of hydrogen-bond donors (Lipinski definition) is 1. The molecule has 0 radical (unpaired) electrons. The maximum atomic E-state index is 5.13. The van der Waals surface area contributed by atoms with Gasteiger partial charge in [-0.3, -0.25) is 9.71 Å². The molecule has 3 rings (SSSR count). The maximum Gasteiger partial charge on any atom is 0.0705 e. The van der Waals surface area contributed by atoms with Crippen LogP contribution in [-0.2, 0) is 10.8 Å². The topological polar surface area (TPSA) is 24.9 Å². The molecule has 0 saturated heterocycles. The van der Waals surface area contributed by atoms with Crippen LogP contribution in [-0.4, -0.2) is 9.73 Å². The van der Waals surface area contributed by atoms with Crippen LogP contribution in [0.1, 0.15) is 110 Å². The van der Waals surface area contributed by atoms with Crippen molar-refractivity contribution in [3.63, 3.8) is 0 Å². The van der Waals surface area contributed by atoms with Gasteiger partial charge in [-0.15, -0.1) is 0 Å². The summed E-state index contributed by atoms with van der Waals surface area (Å²) >= 11 is 1.83. The predicted molar refractivity (Wildman–Crippen MR) is 152 cm³/mol. The average molecular weight is 477 g/mol. The standard InChI is InChI=1S/C31H44N2S/c1-11-25(27-17-16-21-14-12-13-15-26(21)32-27)28(33-34-31(8,9)10)22-18-23(29(2,3)4)20-24(19-22)30(5,6)7/h12-20,25,28,33H,11H2,1-10H3. The average Bonchev–Trinajstić information content (AvgIpc) is 2.74. The zero-order chi connectivity index (χ0) is 25.3. The third-order valence-corrected chi connectivity index (χ3v) is 7.36. The van der Waals surface area contributed by atoms with Crippen LogP contribution in [0.2, 0.25) is 0 Å². The second kappa shape index (κ2) is 10.0. The second-order valence-corrected chi connectivity index (χ2v) is 14.3. The molecule has 0 saturated carbocycles. The lowest BCUT2D eigenvalue weighted by atomic mass is 9.77. The Hall–Kier alpha value is -1.84. The van der Waals surface area contributed by atoms with E-state index in [9.17, 15) is 0 Å². The number of aromatic nitrogens is 1. The Morgan fingerprint density at radius 1 is 0.794 bits per heavy atom. The first-order valence-electron chi connectivity index (χ1n) is 12.6. The molecule has 1 N–H and O–H groups in total. The zero-order valence-electron chi connectivity index (χ0n) is 22.9. The fourth-order valence-corrected chi connectivity index (χ4v) is 5.00. The molecule has 0 aliphatic heterocycles. The van der Waals surface area contributed by atoms with Gasteiger partial charge in [-0.2, -0.15) is 0 Å². The fourth-order valence-electron chi connectivity index (χ4n) is 4.22. The van der Waals surface area contributed by atoms with Crippen LogP contribution < -0.4 is 4.72 Å². The molecule has 0 aliphatic carbocycles. The van der Waals surface area contributed by atoms with Crippen molar-refractivity contribution in [3.8, 4) is 0 Å². The fraction of sp³-hybridized carbons (Fsp3) is 0.516. The van der Waals surface area contributed by atoms with Gasteiger partial charge >= 0.3 is 0 Å². The van der Waals surface area contributed by atoms with Crippen LogP contribution in [0, 0.1) is 0 Å². The van der Waals surface area contributed by atoms with Gasteiger partial charge in [0, 0.05) is 21.7 Å². The summed E-state index contributed by atoms with van der Waals surface area (Å²) in [7, 11) is 0. The summed E-state index contributed by atoms with van der Waals surface area (Å²) < 4.78 is 4.02. The molecule has 34 heavy (non-hydrogen) atoms. The number of para-hydroxylation sites is 1. The molecule has 2 nitrogen and oxygen atoms in total. The summed E-state index contributed by atoms with van der Waals surface area (Å²) in [5.74, 6) is 0.266. The zero-order valence-corrected chi connectivity index (χ0v) is 23.7. The molecule has 0 bridgehead atoms. The van der Waals surface area contributed by atoms with Crippen LogP contribution in [0.3, 0.4) is 0 Å². The van der Waals surface area contributed by atoms with Crippen molar-refractivity contribution in [1.82, 2.24) is 9.71 Å². The van der Waals surface area contributed by atoms with Crippen LogP contribution in [0.25, 0.3) is 10.9 Å². The summed E-state index contributed by atoms with van der Waals surface area (Å²) in [6.07, 6.45) is 1.01. The van der Waals surface area contributed by atoms with E-state index in [1.165, 1.54) is 22.1 Å². The van der Waals surface area contributed by atoms with Crippen LogP contribution >= 0.6 is 11.9 Å². The number of rotatable bonds is 6. The second-order valence-electron chi connectivity index (χ2n) is 12.6. The lowest BCUT2D eigenvalue weighted by Crippen LogP contribution is -2.28. The van der Waals surface area contributed by atoms with E-state index in [2.05, 4.69) is 129 Å². The van der Waals surface area contributed by atoms with Crippen molar-refractivity contribution in [2.75, 3.05) is 0 Å². The highest BCUT2D eigenvalue weighted by Crippen LogP contribution is 2.40. The minimum absolute atomic E-state index is 0.0840. The molecule has 0 fully saturated rings. The highest BCUT2D eigenvalue weighted by Gasteiger charge is 2.29.